The Labute approximate surface area is 160 Å². The van der Waals surface area contributed by atoms with E-state index in [0.717, 1.165) is 48.7 Å². The van der Waals surface area contributed by atoms with Crippen LogP contribution in [0.1, 0.15) is 29.6 Å². The molecule has 0 spiro atoms. The molecule has 2 aromatic carbocycles. The molecule has 1 aliphatic carbocycles. The third-order valence-corrected chi connectivity index (χ3v) is 6.18. The van der Waals surface area contributed by atoms with E-state index in [9.17, 15) is 4.79 Å². The van der Waals surface area contributed by atoms with E-state index in [1.54, 1.807) is 0 Å². The number of ether oxygens (including phenoxy) is 1. The molecule has 27 heavy (non-hydrogen) atoms. The normalized spacial score (nSPS) is 27.9. The largest absolute Gasteiger partial charge is 0.375 e. The fourth-order valence-electron chi connectivity index (χ4n) is 4.57. The molecule has 2 aromatic rings. The molecule has 0 radical (unpaired) electrons. The second-order valence-corrected chi connectivity index (χ2v) is 8.13. The highest BCUT2D eigenvalue weighted by Crippen LogP contribution is 2.38. The Balaban J connectivity index is 1.28. The average molecular weight is 362 g/mol. The van der Waals surface area contributed by atoms with E-state index in [-0.39, 0.29) is 11.9 Å². The molecule has 4 nitrogen and oxygen atoms in total. The van der Waals surface area contributed by atoms with Gasteiger partial charge in [0.05, 0.1) is 12.7 Å². The summed E-state index contributed by atoms with van der Waals surface area (Å²) in [7, 11) is 0. The second kappa shape index (κ2) is 7.10. The van der Waals surface area contributed by atoms with Crippen molar-refractivity contribution < 1.29 is 9.53 Å². The Hall–Kier alpha value is -2.17. The van der Waals surface area contributed by atoms with E-state index >= 15 is 0 Å². The van der Waals surface area contributed by atoms with Crippen LogP contribution in [0.15, 0.2) is 54.6 Å². The van der Waals surface area contributed by atoms with Gasteiger partial charge in [0, 0.05) is 30.7 Å². The van der Waals surface area contributed by atoms with Crippen LogP contribution in [0.5, 0.6) is 0 Å². The molecule has 2 saturated heterocycles. The van der Waals surface area contributed by atoms with Crippen LogP contribution in [0.3, 0.4) is 0 Å². The molecule has 5 rings (SSSR count). The minimum atomic E-state index is 0.0268. The first-order valence-electron chi connectivity index (χ1n) is 10.1. The second-order valence-electron chi connectivity index (χ2n) is 8.13. The maximum atomic E-state index is 13.0. The number of hydrogen-bond donors (Lipinski definition) is 1. The topological polar surface area (TPSA) is 41.6 Å². The summed E-state index contributed by atoms with van der Waals surface area (Å²) in [4.78, 5) is 15.6. The molecule has 2 aliphatic heterocycles. The summed E-state index contributed by atoms with van der Waals surface area (Å²) in [6, 6.07) is 18.7. The van der Waals surface area contributed by atoms with Crippen LogP contribution >= 0.6 is 0 Å². The van der Waals surface area contributed by atoms with Gasteiger partial charge in [0.15, 0.2) is 0 Å². The van der Waals surface area contributed by atoms with E-state index in [4.69, 9.17) is 4.74 Å². The molecule has 1 saturated carbocycles. The first-order chi connectivity index (χ1) is 13.3. The van der Waals surface area contributed by atoms with Crippen molar-refractivity contribution in [1.82, 2.24) is 10.2 Å². The Morgan fingerprint density at radius 2 is 1.78 bits per heavy atom. The molecule has 0 aromatic heterocycles. The minimum Gasteiger partial charge on any atom is -0.375 e. The molecule has 1 N–H and O–H groups in total. The van der Waals surface area contributed by atoms with Crippen LogP contribution in [-0.4, -0.2) is 48.7 Å². The molecule has 0 unspecified atom stereocenters. The molecule has 1 amide bonds. The van der Waals surface area contributed by atoms with Crippen molar-refractivity contribution in [2.24, 2.45) is 5.92 Å². The molecule has 3 atom stereocenters. The maximum absolute atomic E-state index is 13.0. The van der Waals surface area contributed by atoms with Gasteiger partial charge in [-0.15, -0.1) is 0 Å². The van der Waals surface area contributed by atoms with E-state index in [0.29, 0.717) is 12.1 Å². The van der Waals surface area contributed by atoms with Crippen LogP contribution in [0, 0.1) is 5.92 Å². The van der Waals surface area contributed by atoms with Crippen LogP contribution in [-0.2, 0) is 4.74 Å². The lowest BCUT2D eigenvalue weighted by Gasteiger charge is -2.35. The third kappa shape index (κ3) is 3.52. The highest BCUT2D eigenvalue weighted by molar-refractivity contribution is 6.01. The van der Waals surface area contributed by atoms with Gasteiger partial charge in [-0.2, -0.15) is 0 Å². The minimum absolute atomic E-state index is 0.0268. The quantitative estimate of drug-likeness (QED) is 0.907. The Morgan fingerprint density at radius 3 is 2.59 bits per heavy atom. The number of morpholine rings is 1. The van der Waals surface area contributed by atoms with Crippen LogP contribution in [0.4, 0.5) is 0 Å². The zero-order valence-corrected chi connectivity index (χ0v) is 15.5. The molecule has 0 bridgehead atoms. The summed E-state index contributed by atoms with van der Waals surface area (Å²) < 4.78 is 6.08. The summed E-state index contributed by atoms with van der Waals surface area (Å²) >= 11 is 0. The summed E-state index contributed by atoms with van der Waals surface area (Å²) in [5.74, 6) is 0.802. The van der Waals surface area contributed by atoms with Gasteiger partial charge in [0.1, 0.15) is 0 Å². The summed E-state index contributed by atoms with van der Waals surface area (Å²) in [5.41, 5.74) is 2.82. The highest BCUT2D eigenvalue weighted by atomic mass is 16.5. The van der Waals surface area contributed by atoms with Crippen molar-refractivity contribution in [3.05, 3.63) is 60.2 Å². The summed E-state index contributed by atoms with van der Waals surface area (Å²) in [5, 5.41) is 3.29. The van der Waals surface area contributed by atoms with Gasteiger partial charge in [-0.05, 0) is 42.4 Å². The van der Waals surface area contributed by atoms with Gasteiger partial charge >= 0.3 is 0 Å². The molecule has 4 heteroatoms. The van der Waals surface area contributed by atoms with Crippen LogP contribution < -0.4 is 5.32 Å². The third-order valence-electron chi connectivity index (χ3n) is 6.18. The molecular weight excluding hydrogens is 336 g/mol. The zero-order valence-electron chi connectivity index (χ0n) is 15.5. The molecule has 2 heterocycles. The number of amides is 1. The smallest absolute Gasteiger partial charge is 0.252 e. The van der Waals surface area contributed by atoms with Crippen molar-refractivity contribution in [2.75, 3.05) is 19.7 Å². The van der Waals surface area contributed by atoms with Crippen molar-refractivity contribution in [2.45, 2.75) is 37.5 Å². The number of nitrogens with zero attached hydrogens (tertiary/aromatic N) is 1. The van der Waals surface area contributed by atoms with E-state index in [1.807, 2.05) is 42.5 Å². The predicted molar refractivity (Wildman–Crippen MR) is 106 cm³/mol. The number of carbonyl (C=O) groups excluding carboxylic acids is 1. The number of nitrogens with one attached hydrogen (secondary N) is 1. The van der Waals surface area contributed by atoms with Crippen LogP contribution in [0.2, 0.25) is 0 Å². The van der Waals surface area contributed by atoms with Gasteiger partial charge < -0.3 is 10.1 Å². The highest BCUT2D eigenvalue weighted by Gasteiger charge is 2.42. The van der Waals surface area contributed by atoms with E-state index in [2.05, 4.69) is 22.3 Å². The number of benzene rings is 2. The fourth-order valence-corrected chi connectivity index (χ4v) is 4.57. The van der Waals surface area contributed by atoms with Gasteiger partial charge in [0.2, 0.25) is 0 Å². The Kier molecular flexibility index (Phi) is 4.46. The molecule has 3 aliphatic rings. The number of rotatable bonds is 4. The van der Waals surface area contributed by atoms with Crippen molar-refractivity contribution in [3.8, 4) is 11.1 Å². The van der Waals surface area contributed by atoms with Gasteiger partial charge in [-0.1, -0.05) is 48.5 Å². The van der Waals surface area contributed by atoms with Gasteiger partial charge in [-0.3, -0.25) is 9.69 Å². The lowest BCUT2D eigenvalue weighted by atomic mass is 9.99. The predicted octanol–water partition coefficient (Wildman–Crippen LogP) is 3.34. The molecular formula is C23H26N2O2. The number of hydrogen-bond acceptors (Lipinski definition) is 3. The first kappa shape index (κ1) is 17.0. The average Bonchev–Trinajstić information content (AvgIpc) is 3.48. The number of carbonyl (C=O) groups is 1. The van der Waals surface area contributed by atoms with Gasteiger partial charge in [-0.25, -0.2) is 0 Å². The zero-order chi connectivity index (χ0) is 18.2. The maximum Gasteiger partial charge on any atom is 0.252 e. The Bertz CT molecular complexity index is 818. The van der Waals surface area contributed by atoms with E-state index in [1.165, 1.54) is 12.8 Å². The van der Waals surface area contributed by atoms with Gasteiger partial charge in [0.25, 0.3) is 5.91 Å². The van der Waals surface area contributed by atoms with E-state index < -0.39 is 0 Å². The molecule has 140 valence electrons. The monoisotopic (exact) mass is 362 g/mol. The fraction of sp³-hybridized carbons (Fsp3) is 0.435. The lowest BCUT2D eigenvalue weighted by molar-refractivity contribution is -0.0581. The van der Waals surface area contributed by atoms with Crippen LogP contribution in [0.25, 0.3) is 11.1 Å². The molecule has 3 fully saturated rings. The number of fused-ring (bicyclic) bond motifs is 1. The first-order valence-corrected chi connectivity index (χ1v) is 10.1. The lowest BCUT2D eigenvalue weighted by Crippen LogP contribution is -2.47. The van der Waals surface area contributed by atoms with Crippen molar-refractivity contribution in [1.29, 1.82) is 0 Å². The summed E-state index contributed by atoms with van der Waals surface area (Å²) in [6.45, 7) is 2.78. The SMILES string of the molecule is O=C(N[C@@H]1C[C@H]2CO[C@@H](C3CC3)CN2C1)c1ccccc1-c1ccccc1. The van der Waals surface area contributed by atoms with Crippen molar-refractivity contribution >= 4 is 5.91 Å². The standard InChI is InChI=1S/C23H26N2O2/c26-23(21-9-5-4-8-20(21)16-6-2-1-3-7-16)24-18-12-19-15-27-22(17-10-11-17)14-25(19)13-18/h1-9,17-19,22H,10-15H2,(H,24,26)/t18-,19+,22-/m1/s1. The Morgan fingerprint density at radius 1 is 1.00 bits per heavy atom. The summed E-state index contributed by atoms with van der Waals surface area (Å²) in [6.07, 6.45) is 4.03. The van der Waals surface area contributed by atoms with Crippen molar-refractivity contribution in [3.63, 3.8) is 0 Å².